The van der Waals surface area contributed by atoms with Crippen LogP contribution in [0.1, 0.15) is 68.9 Å². The van der Waals surface area contributed by atoms with E-state index in [1.54, 1.807) is 0 Å². The second-order valence-corrected chi connectivity index (χ2v) is 5.84. The van der Waals surface area contributed by atoms with Crippen LogP contribution in [0.2, 0.25) is 5.02 Å². The molecule has 2 rings (SSSR count). The number of phenolic OH excluding ortho intramolecular Hbond substituents is 1. The van der Waals surface area contributed by atoms with E-state index in [0.29, 0.717) is 16.9 Å². The summed E-state index contributed by atoms with van der Waals surface area (Å²) in [5, 5.41) is 10.5. The van der Waals surface area contributed by atoms with E-state index in [0.717, 1.165) is 5.56 Å². The predicted octanol–water partition coefficient (Wildman–Crippen LogP) is 5.22. The fourth-order valence-corrected chi connectivity index (χ4v) is 2.99. The summed E-state index contributed by atoms with van der Waals surface area (Å²) >= 11 is 6.13. The van der Waals surface area contributed by atoms with Crippen molar-refractivity contribution in [3.8, 4) is 5.75 Å². The molecule has 0 radical (unpaired) electrons. The average Bonchev–Trinajstić information content (AvgIpc) is 2.33. The Balaban J connectivity index is 2.34. The molecule has 1 aliphatic rings. The molecular weight excluding hydrogens is 232 g/mol. The highest BCUT2D eigenvalue weighted by Crippen LogP contribution is 2.39. The molecule has 1 nitrogen and oxygen atoms in total. The Hall–Kier alpha value is -0.690. The molecule has 0 bridgehead atoms. The summed E-state index contributed by atoms with van der Waals surface area (Å²) in [5.41, 5.74) is 2.30. The second-order valence-electron chi connectivity index (χ2n) is 5.43. The Morgan fingerprint density at radius 2 is 1.82 bits per heavy atom. The van der Waals surface area contributed by atoms with Gasteiger partial charge in [0.25, 0.3) is 0 Å². The van der Waals surface area contributed by atoms with Crippen molar-refractivity contribution < 1.29 is 5.11 Å². The van der Waals surface area contributed by atoms with E-state index in [4.69, 9.17) is 11.6 Å². The highest BCUT2D eigenvalue weighted by molar-refractivity contribution is 6.32. The maximum atomic E-state index is 9.96. The van der Waals surface area contributed by atoms with Gasteiger partial charge in [0.1, 0.15) is 5.75 Å². The lowest BCUT2D eigenvalue weighted by atomic mass is 9.83. The van der Waals surface area contributed by atoms with Gasteiger partial charge in [-0.15, -0.1) is 0 Å². The molecule has 17 heavy (non-hydrogen) atoms. The topological polar surface area (TPSA) is 20.2 Å². The van der Waals surface area contributed by atoms with E-state index in [1.807, 2.05) is 6.07 Å². The molecule has 1 aromatic rings. The number of hydrogen-bond donors (Lipinski definition) is 1. The molecule has 0 saturated heterocycles. The summed E-state index contributed by atoms with van der Waals surface area (Å²) in [7, 11) is 0. The van der Waals surface area contributed by atoms with Crippen molar-refractivity contribution in [1.29, 1.82) is 0 Å². The number of hydrogen-bond acceptors (Lipinski definition) is 1. The number of phenols is 1. The van der Waals surface area contributed by atoms with E-state index in [-0.39, 0.29) is 5.75 Å². The number of rotatable bonds is 2. The maximum absolute atomic E-state index is 9.96. The lowest BCUT2D eigenvalue weighted by Gasteiger charge is -2.23. The first-order chi connectivity index (χ1) is 8.09. The van der Waals surface area contributed by atoms with Crippen molar-refractivity contribution in [2.24, 2.45) is 0 Å². The van der Waals surface area contributed by atoms with Crippen molar-refractivity contribution in [2.45, 2.75) is 57.8 Å². The van der Waals surface area contributed by atoms with Crippen LogP contribution < -0.4 is 0 Å². The minimum absolute atomic E-state index is 0.265. The smallest absolute Gasteiger partial charge is 0.137 e. The third kappa shape index (κ3) is 2.77. The summed E-state index contributed by atoms with van der Waals surface area (Å²) in [5.74, 6) is 1.22. The molecule has 0 atom stereocenters. The molecule has 0 spiro atoms. The minimum Gasteiger partial charge on any atom is -0.506 e. The molecule has 1 N–H and O–H groups in total. The largest absolute Gasteiger partial charge is 0.506 e. The van der Waals surface area contributed by atoms with Crippen LogP contribution in [0.3, 0.4) is 0 Å². The van der Waals surface area contributed by atoms with Gasteiger partial charge in [-0.2, -0.15) is 0 Å². The van der Waals surface area contributed by atoms with Crippen molar-refractivity contribution in [3.63, 3.8) is 0 Å². The average molecular weight is 253 g/mol. The van der Waals surface area contributed by atoms with Gasteiger partial charge in [0.2, 0.25) is 0 Å². The normalized spacial score (nSPS) is 17.6. The van der Waals surface area contributed by atoms with Crippen molar-refractivity contribution in [1.82, 2.24) is 0 Å². The van der Waals surface area contributed by atoms with Crippen molar-refractivity contribution >= 4 is 11.6 Å². The Kier molecular flexibility index (Phi) is 3.98. The van der Waals surface area contributed by atoms with Gasteiger partial charge in [-0.3, -0.25) is 0 Å². The quantitative estimate of drug-likeness (QED) is 0.765. The van der Waals surface area contributed by atoms with Crippen LogP contribution >= 0.6 is 11.6 Å². The van der Waals surface area contributed by atoms with E-state index in [9.17, 15) is 5.11 Å². The number of halogens is 1. The molecule has 0 amide bonds. The molecule has 0 aromatic heterocycles. The summed E-state index contributed by atoms with van der Waals surface area (Å²) in [4.78, 5) is 0. The van der Waals surface area contributed by atoms with Crippen molar-refractivity contribution in [3.05, 3.63) is 28.3 Å². The summed E-state index contributed by atoms with van der Waals surface area (Å²) in [6.07, 6.45) is 6.52. The fraction of sp³-hybridized carbons (Fsp3) is 0.600. The van der Waals surface area contributed by atoms with Crippen molar-refractivity contribution in [2.75, 3.05) is 0 Å². The fourth-order valence-electron chi connectivity index (χ4n) is 2.75. The molecule has 0 heterocycles. The zero-order valence-corrected chi connectivity index (χ0v) is 11.4. The van der Waals surface area contributed by atoms with Gasteiger partial charge in [0, 0.05) is 0 Å². The molecule has 1 saturated carbocycles. The second kappa shape index (κ2) is 5.30. The first-order valence-electron chi connectivity index (χ1n) is 6.62. The van der Waals surface area contributed by atoms with Gasteiger partial charge < -0.3 is 5.11 Å². The monoisotopic (exact) mass is 252 g/mol. The Bertz CT molecular complexity index is 392. The first kappa shape index (κ1) is 12.8. The van der Waals surface area contributed by atoms with E-state index in [1.165, 1.54) is 37.7 Å². The van der Waals surface area contributed by atoms with E-state index < -0.39 is 0 Å². The Labute approximate surface area is 109 Å². The predicted molar refractivity (Wildman–Crippen MR) is 73.0 cm³/mol. The third-order valence-electron chi connectivity index (χ3n) is 3.81. The molecule has 94 valence electrons. The van der Waals surface area contributed by atoms with E-state index >= 15 is 0 Å². The Morgan fingerprint density at radius 1 is 1.18 bits per heavy atom. The van der Waals surface area contributed by atoms with Gasteiger partial charge >= 0.3 is 0 Å². The van der Waals surface area contributed by atoms with Crippen LogP contribution in [0.5, 0.6) is 5.75 Å². The summed E-state index contributed by atoms with van der Waals surface area (Å²) < 4.78 is 0. The minimum atomic E-state index is 0.265. The third-order valence-corrected chi connectivity index (χ3v) is 4.10. The first-order valence-corrected chi connectivity index (χ1v) is 6.99. The van der Waals surface area contributed by atoms with Crippen LogP contribution in [-0.4, -0.2) is 5.11 Å². The molecule has 1 fully saturated rings. The molecule has 1 aromatic carbocycles. The zero-order valence-electron chi connectivity index (χ0n) is 10.7. The molecule has 0 unspecified atom stereocenters. The number of benzene rings is 1. The molecule has 2 heteroatoms. The summed E-state index contributed by atoms with van der Waals surface area (Å²) in [6.45, 7) is 4.19. The highest BCUT2D eigenvalue weighted by atomic mass is 35.5. The van der Waals surface area contributed by atoms with Gasteiger partial charge in [-0.25, -0.2) is 0 Å². The van der Waals surface area contributed by atoms with Crippen LogP contribution in [0.15, 0.2) is 12.1 Å². The maximum Gasteiger partial charge on any atom is 0.137 e. The van der Waals surface area contributed by atoms with Crippen LogP contribution in [0.4, 0.5) is 0 Å². The summed E-state index contributed by atoms with van der Waals surface area (Å²) in [6, 6.07) is 4.11. The SMILES string of the molecule is CC(C)c1cc(C2CCCCC2)cc(Cl)c1O. The van der Waals surface area contributed by atoms with Gasteiger partial charge in [0.15, 0.2) is 0 Å². The van der Waals surface area contributed by atoms with Gasteiger partial charge in [-0.05, 0) is 41.9 Å². The van der Waals surface area contributed by atoms with Crippen LogP contribution in [-0.2, 0) is 0 Å². The van der Waals surface area contributed by atoms with Crippen LogP contribution in [0.25, 0.3) is 0 Å². The van der Waals surface area contributed by atoms with Gasteiger partial charge in [-0.1, -0.05) is 50.8 Å². The number of aromatic hydroxyl groups is 1. The highest BCUT2D eigenvalue weighted by Gasteiger charge is 2.19. The molecular formula is C15H21ClO. The van der Waals surface area contributed by atoms with Gasteiger partial charge in [0.05, 0.1) is 5.02 Å². The Morgan fingerprint density at radius 3 is 2.41 bits per heavy atom. The standard InChI is InChI=1S/C15H21ClO/c1-10(2)13-8-12(9-14(16)15(13)17)11-6-4-3-5-7-11/h8-11,17H,3-7H2,1-2H3. The molecule has 1 aliphatic carbocycles. The zero-order chi connectivity index (χ0) is 12.4. The lowest BCUT2D eigenvalue weighted by molar-refractivity contribution is 0.440. The van der Waals surface area contributed by atoms with E-state index in [2.05, 4.69) is 19.9 Å². The lowest BCUT2D eigenvalue weighted by Crippen LogP contribution is -2.05. The molecule has 0 aliphatic heterocycles. The van der Waals surface area contributed by atoms with Crippen LogP contribution in [0, 0.1) is 0 Å².